The lowest BCUT2D eigenvalue weighted by atomic mass is 9.74. The molecule has 1 saturated carbocycles. The normalized spacial score (nSPS) is 27.6. The lowest BCUT2D eigenvalue weighted by Crippen LogP contribution is -2.57. The first-order valence-electron chi connectivity index (χ1n) is 15.5. The molecule has 44 heavy (non-hydrogen) atoms. The molecule has 0 spiro atoms. The number of nitrogens with zero attached hydrogens (tertiary/aromatic N) is 4. The van der Waals surface area contributed by atoms with Crippen LogP contribution in [0.1, 0.15) is 64.4 Å². The molecule has 2 saturated heterocycles. The lowest BCUT2D eigenvalue weighted by Gasteiger charge is -2.51. The van der Waals surface area contributed by atoms with Gasteiger partial charge in [0.2, 0.25) is 5.88 Å². The number of halogens is 2. The van der Waals surface area contributed by atoms with E-state index in [4.69, 9.17) is 25.8 Å². The number of aromatic nitrogens is 5. The Bertz CT molecular complexity index is 1780. The number of pyridine rings is 1. The molecule has 2 N–H and O–H groups in total. The number of ether oxygens (including phenoxy) is 3. The average molecular weight is 625 g/mol. The van der Waals surface area contributed by atoms with Crippen molar-refractivity contribution in [3.8, 4) is 23.1 Å². The zero-order valence-corrected chi connectivity index (χ0v) is 26.3. The van der Waals surface area contributed by atoms with Crippen LogP contribution in [0.5, 0.6) is 11.9 Å². The zero-order valence-electron chi connectivity index (χ0n) is 25.5. The Morgan fingerprint density at radius 2 is 1.98 bits per heavy atom. The number of likely N-dealkylation sites (tertiary alicyclic amines) is 1. The van der Waals surface area contributed by atoms with Crippen LogP contribution in [0.2, 0.25) is 5.02 Å². The Morgan fingerprint density at radius 3 is 2.75 bits per heavy atom. The molecule has 3 fully saturated rings. The van der Waals surface area contributed by atoms with Gasteiger partial charge in [-0.25, -0.2) is 9.37 Å². The van der Waals surface area contributed by atoms with E-state index in [-0.39, 0.29) is 46.1 Å². The Balaban J connectivity index is 1.24. The number of hydrogen-bond acceptors (Lipinski definition) is 8. The summed E-state index contributed by atoms with van der Waals surface area (Å²) in [5.41, 5.74) is 0.855. The fourth-order valence-corrected chi connectivity index (χ4v) is 8.42. The van der Waals surface area contributed by atoms with E-state index >= 15 is 4.39 Å². The van der Waals surface area contributed by atoms with E-state index in [0.717, 1.165) is 57.1 Å². The van der Waals surface area contributed by atoms with Crippen LogP contribution in [-0.4, -0.2) is 74.6 Å². The van der Waals surface area contributed by atoms with Crippen molar-refractivity contribution in [1.82, 2.24) is 30.0 Å². The largest absolute Gasteiger partial charge is 0.480 e. The Kier molecular flexibility index (Phi) is 7.53. The molecule has 3 aliphatic rings. The van der Waals surface area contributed by atoms with E-state index < -0.39 is 11.4 Å². The van der Waals surface area contributed by atoms with Crippen molar-refractivity contribution in [2.75, 3.05) is 20.3 Å². The molecule has 1 aromatic carbocycles. The van der Waals surface area contributed by atoms with Crippen molar-refractivity contribution < 1.29 is 18.6 Å². The van der Waals surface area contributed by atoms with Gasteiger partial charge in [-0.15, -0.1) is 0 Å². The molecule has 5 atom stereocenters. The summed E-state index contributed by atoms with van der Waals surface area (Å²) < 4.78 is 34.2. The lowest BCUT2D eigenvalue weighted by molar-refractivity contribution is -0.0967. The minimum absolute atomic E-state index is 0.0186. The maximum atomic E-state index is 16.4. The number of hydrogen-bond donors (Lipinski definition) is 2. The van der Waals surface area contributed by atoms with E-state index in [1.165, 1.54) is 7.11 Å². The van der Waals surface area contributed by atoms with Crippen molar-refractivity contribution >= 4 is 33.4 Å². The monoisotopic (exact) mass is 624 g/mol. The number of methoxy groups -OCH3 is 1. The third kappa shape index (κ3) is 4.84. The van der Waals surface area contributed by atoms with Gasteiger partial charge in [0.15, 0.2) is 5.82 Å². The van der Waals surface area contributed by atoms with Crippen molar-refractivity contribution in [3.63, 3.8) is 0 Å². The highest BCUT2D eigenvalue weighted by Crippen LogP contribution is 2.49. The molecule has 2 aliphatic heterocycles. The van der Waals surface area contributed by atoms with Crippen LogP contribution >= 0.6 is 11.6 Å². The van der Waals surface area contributed by atoms with Crippen LogP contribution in [0, 0.1) is 18.2 Å². The van der Waals surface area contributed by atoms with Crippen molar-refractivity contribution in [2.45, 2.75) is 90.0 Å². The summed E-state index contributed by atoms with van der Waals surface area (Å²) in [6.45, 7) is 7.63. The van der Waals surface area contributed by atoms with Gasteiger partial charge >= 0.3 is 0 Å². The Labute approximate surface area is 259 Å². The number of piperidine rings is 1. The first-order valence-corrected chi connectivity index (χ1v) is 15.9. The summed E-state index contributed by atoms with van der Waals surface area (Å²) in [7, 11) is 1.38. The highest BCUT2D eigenvalue weighted by Gasteiger charge is 2.50. The number of aromatic amines is 2. The molecule has 0 radical (unpaired) electrons. The summed E-state index contributed by atoms with van der Waals surface area (Å²) in [5.74, 6) is -0.835. The van der Waals surface area contributed by atoms with E-state index in [1.807, 2.05) is 13.0 Å². The van der Waals surface area contributed by atoms with Crippen LogP contribution in [0.4, 0.5) is 4.39 Å². The van der Waals surface area contributed by atoms with Gasteiger partial charge in [0, 0.05) is 28.4 Å². The molecular weight excluding hydrogens is 587 g/mol. The molecule has 1 unspecified atom stereocenters. The number of fused-ring (bicyclic) bond motifs is 3. The highest BCUT2D eigenvalue weighted by atomic mass is 35.5. The second kappa shape index (κ2) is 11.3. The maximum absolute atomic E-state index is 16.4. The summed E-state index contributed by atoms with van der Waals surface area (Å²) in [6, 6.07) is 2.69. The van der Waals surface area contributed by atoms with Crippen molar-refractivity contribution in [2.24, 2.45) is 5.41 Å². The number of rotatable bonds is 6. The van der Waals surface area contributed by atoms with Gasteiger partial charge in [0.25, 0.3) is 11.6 Å². The fourth-order valence-electron chi connectivity index (χ4n) is 8.17. The molecule has 10 nitrogen and oxygen atoms in total. The van der Waals surface area contributed by atoms with Crippen LogP contribution in [-0.2, 0) is 4.74 Å². The quantitative estimate of drug-likeness (QED) is 0.271. The zero-order chi connectivity index (χ0) is 30.7. The van der Waals surface area contributed by atoms with Crippen LogP contribution < -0.4 is 15.0 Å². The molecule has 3 aromatic heterocycles. The second-order valence-electron chi connectivity index (χ2n) is 12.9. The molecule has 12 heteroatoms. The van der Waals surface area contributed by atoms with Gasteiger partial charge in [-0.05, 0) is 77.5 Å². The molecule has 4 aromatic rings. The number of aryl methyl sites for hydroxylation is 1. The van der Waals surface area contributed by atoms with E-state index in [2.05, 4.69) is 43.9 Å². The van der Waals surface area contributed by atoms with Gasteiger partial charge in [0.05, 0.1) is 42.7 Å². The van der Waals surface area contributed by atoms with E-state index in [9.17, 15) is 4.79 Å². The van der Waals surface area contributed by atoms with Crippen molar-refractivity contribution in [1.29, 1.82) is 0 Å². The van der Waals surface area contributed by atoms with Gasteiger partial charge in [-0.3, -0.25) is 19.8 Å². The Hall–Kier alpha value is -3.28. The number of H-pyrrole nitrogens is 2. The molecule has 7 rings (SSSR count). The standard InChI is InChI=1S/C32H38ClFN6O4/c1-16-11-21-20(14-35-39-21)23(25(16)33)27-26(34)28-24(30(36-27)42-4)29(41)38-31(37-28)43-15-32-8-5-7-22(32)40(10-6-9-32)19-12-17(2)44-18(3)13-19/h11,14,17-19,22H,5-10,12-13,15H2,1-4H3,(H,35,39)(H,37,38,41)/t17-,18+,19?,22-,32-/m1/s1. The first-order chi connectivity index (χ1) is 21.2. The number of benzene rings is 1. The van der Waals surface area contributed by atoms with E-state index in [0.29, 0.717) is 40.2 Å². The number of nitrogens with one attached hydrogen (secondary N) is 2. The third-order valence-electron chi connectivity index (χ3n) is 10.0. The van der Waals surface area contributed by atoms with Gasteiger partial charge < -0.3 is 14.2 Å². The second-order valence-corrected chi connectivity index (χ2v) is 13.3. The average Bonchev–Trinajstić information content (AvgIpc) is 3.64. The van der Waals surface area contributed by atoms with E-state index in [1.54, 1.807) is 6.20 Å². The van der Waals surface area contributed by atoms with Gasteiger partial charge in [0.1, 0.15) is 16.6 Å². The maximum Gasteiger partial charge on any atom is 0.297 e. The molecule has 234 valence electrons. The Morgan fingerprint density at radius 1 is 1.20 bits per heavy atom. The smallest absolute Gasteiger partial charge is 0.297 e. The fraction of sp³-hybridized carbons (Fsp3) is 0.562. The van der Waals surface area contributed by atoms with Gasteiger partial charge in [-0.1, -0.05) is 18.0 Å². The summed E-state index contributed by atoms with van der Waals surface area (Å²) in [6.07, 6.45) is 9.54. The van der Waals surface area contributed by atoms with Crippen molar-refractivity contribution in [3.05, 3.63) is 39.0 Å². The highest BCUT2D eigenvalue weighted by molar-refractivity contribution is 6.35. The SMILES string of the molecule is COc1nc(-c2c(Cl)c(C)cc3[nH]ncc23)c(F)c2nc(OC[C@]34CCC[C@H]3N(C3C[C@@H](C)O[C@@H](C)C3)CCC4)[nH]c(=O)c12. The minimum atomic E-state index is -0.782. The summed E-state index contributed by atoms with van der Waals surface area (Å²) in [4.78, 5) is 27.7. The summed E-state index contributed by atoms with van der Waals surface area (Å²) >= 11 is 6.70. The minimum Gasteiger partial charge on any atom is -0.480 e. The van der Waals surface area contributed by atoms with Gasteiger partial charge in [-0.2, -0.15) is 10.1 Å². The predicted molar refractivity (Wildman–Crippen MR) is 166 cm³/mol. The molecule has 1 aliphatic carbocycles. The molecule has 0 amide bonds. The molecular formula is C32H38ClFN6O4. The van der Waals surface area contributed by atoms with Crippen LogP contribution in [0.15, 0.2) is 17.1 Å². The third-order valence-corrected chi connectivity index (χ3v) is 10.5. The predicted octanol–water partition coefficient (Wildman–Crippen LogP) is 5.94. The van der Waals surface area contributed by atoms with Crippen LogP contribution in [0.25, 0.3) is 33.1 Å². The molecule has 0 bridgehead atoms. The summed E-state index contributed by atoms with van der Waals surface area (Å²) in [5, 5.41) is 7.84. The molecule has 5 heterocycles. The first kappa shape index (κ1) is 29.4. The van der Waals surface area contributed by atoms with Crippen LogP contribution in [0.3, 0.4) is 0 Å². The topological polar surface area (TPSA) is 118 Å².